The fourth-order valence-electron chi connectivity index (χ4n) is 1.47. The van der Waals surface area contributed by atoms with Gasteiger partial charge in [-0.3, -0.25) is 0 Å². The van der Waals surface area contributed by atoms with Gasteiger partial charge in [0.25, 0.3) is 0 Å². The minimum absolute atomic E-state index is 0. The Kier molecular flexibility index (Phi) is 6.53. The zero-order valence-corrected chi connectivity index (χ0v) is 10.4. The molecule has 0 saturated carbocycles. The number of halogens is 3. The van der Waals surface area contributed by atoms with Crippen LogP contribution in [0.1, 0.15) is 38.3 Å². The van der Waals surface area contributed by atoms with E-state index in [9.17, 15) is 8.78 Å². The summed E-state index contributed by atoms with van der Waals surface area (Å²) in [7, 11) is 0. The van der Waals surface area contributed by atoms with Crippen molar-refractivity contribution in [3.05, 3.63) is 35.4 Å². The number of hydrogen-bond donors (Lipinski definition) is 1. The van der Waals surface area contributed by atoms with Crippen molar-refractivity contribution in [2.45, 2.75) is 32.7 Å². The van der Waals surface area contributed by atoms with E-state index in [0.717, 1.165) is 18.9 Å². The summed E-state index contributed by atoms with van der Waals surface area (Å²) in [5.74, 6) is -0.579. The highest BCUT2D eigenvalue weighted by Gasteiger charge is 2.09. The average Bonchev–Trinajstić information content (AvgIpc) is 2.12. The molecule has 16 heavy (non-hydrogen) atoms. The third kappa shape index (κ3) is 4.90. The van der Waals surface area contributed by atoms with Gasteiger partial charge in [-0.25, -0.2) is 8.78 Å². The molecule has 1 aromatic rings. The van der Waals surface area contributed by atoms with Crippen molar-refractivity contribution < 1.29 is 8.78 Å². The molecule has 0 fully saturated rings. The average molecular weight is 250 g/mol. The monoisotopic (exact) mass is 249 g/mol. The van der Waals surface area contributed by atoms with Crippen molar-refractivity contribution in [1.82, 2.24) is 0 Å². The molecule has 0 heterocycles. The maximum absolute atomic E-state index is 12.9. The van der Waals surface area contributed by atoms with E-state index < -0.39 is 11.6 Å². The first-order valence-corrected chi connectivity index (χ1v) is 5.20. The van der Waals surface area contributed by atoms with Gasteiger partial charge in [-0.1, -0.05) is 13.8 Å². The summed E-state index contributed by atoms with van der Waals surface area (Å²) in [5.41, 5.74) is 6.38. The van der Waals surface area contributed by atoms with E-state index in [-0.39, 0.29) is 18.4 Å². The lowest BCUT2D eigenvalue weighted by Gasteiger charge is -2.13. The van der Waals surface area contributed by atoms with Gasteiger partial charge in [-0.15, -0.1) is 12.4 Å². The summed E-state index contributed by atoms with van der Waals surface area (Å²) < 4.78 is 25.8. The summed E-state index contributed by atoms with van der Waals surface area (Å²) in [6, 6.07) is 3.18. The van der Waals surface area contributed by atoms with Crippen LogP contribution in [0.3, 0.4) is 0 Å². The Hall–Kier alpha value is -0.670. The summed E-state index contributed by atoms with van der Waals surface area (Å²) in [5, 5.41) is 0. The fraction of sp³-hybridized carbons (Fsp3) is 0.500. The van der Waals surface area contributed by atoms with E-state index in [1.807, 2.05) is 0 Å². The van der Waals surface area contributed by atoms with E-state index in [1.165, 1.54) is 12.1 Å². The topological polar surface area (TPSA) is 26.0 Å². The second kappa shape index (κ2) is 6.81. The maximum Gasteiger partial charge on any atom is 0.126 e. The van der Waals surface area contributed by atoms with E-state index in [1.54, 1.807) is 0 Å². The van der Waals surface area contributed by atoms with E-state index >= 15 is 0 Å². The Morgan fingerprint density at radius 3 is 2.00 bits per heavy atom. The first-order valence-electron chi connectivity index (χ1n) is 5.20. The van der Waals surface area contributed by atoms with Crippen LogP contribution in [0.4, 0.5) is 8.78 Å². The summed E-state index contributed by atoms with van der Waals surface area (Å²) in [6.07, 6.45) is 1.71. The van der Waals surface area contributed by atoms with Gasteiger partial charge < -0.3 is 5.73 Å². The Bertz CT molecular complexity index is 309. The third-order valence-corrected chi connectivity index (χ3v) is 2.37. The smallest absolute Gasteiger partial charge is 0.126 e. The molecule has 0 aliphatic carbocycles. The van der Waals surface area contributed by atoms with Crippen molar-refractivity contribution in [2.75, 3.05) is 0 Å². The molecule has 0 spiro atoms. The van der Waals surface area contributed by atoms with Crippen LogP contribution >= 0.6 is 12.4 Å². The summed E-state index contributed by atoms with van der Waals surface area (Å²) in [6.45, 7) is 4.19. The summed E-state index contributed by atoms with van der Waals surface area (Å²) in [4.78, 5) is 0. The van der Waals surface area contributed by atoms with Crippen molar-refractivity contribution >= 4 is 12.4 Å². The Morgan fingerprint density at radius 1 is 1.06 bits per heavy atom. The molecule has 0 saturated heterocycles. The molecule has 0 aliphatic rings. The van der Waals surface area contributed by atoms with Gasteiger partial charge in [0.05, 0.1) is 0 Å². The predicted molar refractivity (Wildman–Crippen MR) is 64.6 cm³/mol. The van der Waals surface area contributed by atoms with Crippen LogP contribution in [0.2, 0.25) is 0 Å². The molecule has 2 N–H and O–H groups in total. The molecular formula is C12H18ClF2N. The van der Waals surface area contributed by atoms with Crippen LogP contribution < -0.4 is 5.73 Å². The molecule has 0 amide bonds. The molecule has 1 nitrogen and oxygen atoms in total. The molecular weight excluding hydrogens is 232 g/mol. The zero-order valence-electron chi connectivity index (χ0n) is 9.54. The van der Waals surface area contributed by atoms with Gasteiger partial charge in [0.15, 0.2) is 0 Å². The first-order chi connectivity index (χ1) is 6.99. The number of hydrogen-bond acceptors (Lipinski definition) is 1. The van der Waals surface area contributed by atoms with Gasteiger partial charge >= 0.3 is 0 Å². The minimum Gasteiger partial charge on any atom is -0.324 e. The highest BCUT2D eigenvalue weighted by molar-refractivity contribution is 5.85. The van der Waals surface area contributed by atoms with Gasteiger partial charge in [0.1, 0.15) is 11.6 Å². The van der Waals surface area contributed by atoms with Crippen molar-refractivity contribution in [3.8, 4) is 0 Å². The lowest BCUT2D eigenvalue weighted by atomic mass is 9.98. The molecule has 1 aromatic carbocycles. The van der Waals surface area contributed by atoms with Crippen LogP contribution in [0.5, 0.6) is 0 Å². The van der Waals surface area contributed by atoms with E-state index in [2.05, 4.69) is 13.8 Å². The van der Waals surface area contributed by atoms with Gasteiger partial charge in [-0.05, 0) is 36.5 Å². The Labute approximate surface area is 101 Å². The number of nitrogens with two attached hydrogens (primary N) is 1. The van der Waals surface area contributed by atoms with Crippen LogP contribution in [-0.2, 0) is 0 Å². The van der Waals surface area contributed by atoms with Crippen molar-refractivity contribution in [2.24, 2.45) is 11.7 Å². The Morgan fingerprint density at radius 2 is 1.56 bits per heavy atom. The standard InChI is InChI=1S/C12H17F2N.ClH/c1-8(2)3-4-12(15)9-5-10(13)7-11(14)6-9;/h5-8,12H,3-4,15H2,1-2H3;1H/t12-;/m0./s1. The quantitative estimate of drug-likeness (QED) is 0.863. The molecule has 0 unspecified atom stereocenters. The maximum atomic E-state index is 12.9. The highest BCUT2D eigenvalue weighted by Crippen LogP contribution is 2.20. The largest absolute Gasteiger partial charge is 0.324 e. The molecule has 0 aliphatic heterocycles. The molecule has 4 heteroatoms. The minimum atomic E-state index is -0.565. The molecule has 1 rings (SSSR count). The normalized spacial score (nSPS) is 12.4. The predicted octanol–water partition coefficient (Wildman–Crippen LogP) is 3.82. The number of benzene rings is 1. The van der Waals surface area contributed by atoms with E-state index in [4.69, 9.17) is 5.73 Å². The van der Waals surface area contributed by atoms with Crippen molar-refractivity contribution in [1.29, 1.82) is 0 Å². The molecule has 0 aromatic heterocycles. The second-order valence-electron chi connectivity index (χ2n) is 4.28. The zero-order chi connectivity index (χ0) is 11.4. The van der Waals surface area contributed by atoms with Crippen LogP contribution in [0, 0.1) is 17.6 Å². The van der Waals surface area contributed by atoms with Gasteiger partial charge in [-0.2, -0.15) is 0 Å². The highest BCUT2D eigenvalue weighted by atomic mass is 35.5. The van der Waals surface area contributed by atoms with Crippen molar-refractivity contribution in [3.63, 3.8) is 0 Å². The molecule has 92 valence electrons. The SMILES string of the molecule is CC(C)CC[C@H](N)c1cc(F)cc(F)c1.Cl. The van der Waals surface area contributed by atoms with Gasteiger partial charge in [0.2, 0.25) is 0 Å². The number of rotatable bonds is 4. The lowest BCUT2D eigenvalue weighted by Crippen LogP contribution is -2.11. The van der Waals surface area contributed by atoms with Crippen LogP contribution in [-0.4, -0.2) is 0 Å². The van der Waals surface area contributed by atoms with Crippen LogP contribution in [0.15, 0.2) is 18.2 Å². The van der Waals surface area contributed by atoms with E-state index in [0.29, 0.717) is 11.5 Å². The second-order valence-corrected chi connectivity index (χ2v) is 4.28. The first kappa shape index (κ1) is 15.3. The lowest BCUT2D eigenvalue weighted by molar-refractivity contribution is 0.501. The summed E-state index contributed by atoms with van der Waals surface area (Å²) >= 11 is 0. The molecule has 1 atom stereocenters. The Balaban J connectivity index is 0.00000225. The molecule has 0 radical (unpaired) electrons. The fourth-order valence-corrected chi connectivity index (χ4v) is 1.47. The molecule has 0 bridgehead atoms. The van der Waals surface area contributed by atoms with Crippen LogP contribution in [0.25, 0.3) is 0 Å². The van der Waals surface area contributed by atoms with Gasteiger partial charge in [0, 0.05) is 12.1 Å². The third-order valence-electron chi connectivity index (χ3n) is 2.37.